The third-order valence-corrected chi connectivity index (χ3v) is 2.64. The second kappa shape index (κ2) is 4.79. The minimum Gasteiger partial charge on any atom is -0.406 e. The van der Waals surface area contributed by atoms with Crippen LogP contribution in [0, 0.1) is 3.57 Å². The minimum absolute atomic E-state index is 0.250. The van der Waals surface area contributed by atoms with Gasteiger partial charge >= 0.3 is 6.01 Å². The van der Waals surface area contributed by atoms with Gasteiger partial charge in [0.05, 0.1) is 6.04 Å². The summed E-state index contributed by atoms with van der Waals surface area (Å²) >= 11 is 2.24. The fraction of sp³-hybridized carbons (Fsp3) is 0.200. The van der Waals surface area contributed by atoms with Crippen LogP contribution in [0.5, 0.6) is 0 Å². The van der Waals surface area contributed by atoms with Crippen molar-refractivity contribution in [3.63, 3.8) is 0 Å². The van der Waals surface area contributed by atoms with Crippen molar-refractivity contribution in [1.29, 1.82) is 0 Å². The molecule has 1 aromatic carbocycles. The van der Waals surface area contributed by atoms with Crippen LogP contribution in [0.15, 0.2) is 28.7 Å². The molecule has 1 unspecified atom stereocenters. The van der Waals surface area contributed by atoms with Gasteiger partial charge in [-0.25, -0.2) is 0 Å². The fourth-order valence-corrected chi connectivity index (χ4v) is 1.49. The normalized spacial score (nSPS) is 12.4. The highest BCUT2D eigenvalue weighted by molar-refractivity contribution is 14.1. The SMILES string of the molecule is CC(N)c1nnc(Nc2ccc(I)cc2)o1. The van der Waals surface area contributed by atoms with Gasteiger partial charge in [-0.3, -0.25) is 0 Å². The molecule has 0 radical (unpaired) electrons. The van der Waals surface area contributed by atoms with E-state index in [-0.39, 0.29) is 6.04 Å². The van der Waals surface area contributed by atoms with E-state index in [1.807, 2.05) is 24.3 Å². The van der Waals surface area contributed by atoms with Gasteiger partial charge in [0.15, 0.2) is 0 Å². The second-order valence-electron chi connectivity index (χ2n) is 3.37. The van der Waals surface area contributed by atoms with Gasteiger partial charge in [0.1, 0.15) is 0 Å². The molecule has 0 aliphatic carbocycles. The Morgan fingerprint density at radius 3 is 2.56 bits per heavy atom. The molecule has 2 rings (SSSR count). The maximum atomic E-state index is 5.62. The first-order chi connectivity index (χ1) is 7.65. The number of benzene rings is 1. The predicted molar refractivity (Wildman–Crippen MR) is 69.3 cm³/mol. The summed E-state index contributed by atoms with van der Waals surface area (Å²) in [6, 6.07) is 7.97. The maximum absolute atomic E-state index is 5.62. The van der Waals surface area contributed by atoms with Crippen molar-refractivity contribution in [2.24, 2.45) is 5.73 Å². The zero-order valence-corrected chi connectivity index (χ0v) is 10.8. The van der Waals surface area contributed by atoms with E-state index >= 15 is 0 Å². The summed E-state index contributed by atoms with van der Waals surface area (Å²) in [6.45, 7) is 1.79. The number of nitrogens with one attached hydrogen (secondary N) is 1. The molecule has 6 heteroatoms. The van der Waals surface area contributed by atoms with E-state index in [2.05, 4.69) is 38.1 Å². The number of nitrogens with two attached hydrogens (primary N) is 1. The lowest BCUT2D eigenvalue weighted by atomic mass is 10.3. The van der Waals surface area contributed by atoms with E-state index in [0.29, 0.717) is 11.9 Å². The summed E-state index contributed by atoms with van der Waals surface area (Å²) in [6.07, 6.45) is 0. The molecule has 2 aromatic rings. The first-order valence-corrected chi connectivity index (χ1v) is 5.84. The molecule has 0 fully saturated rings. The third kappa shape index (κ3) is 2.70. The number of hydrogen-bond donors (Lipinski definition) is 2. The number of rotatable bonds is 3. The number of aromatic nitrogens is 2. The van der Waals surface area contributed by atoms with Crippen molar-refractivity contribution in [3.8, 4) is 0 Å². The van der Waals surface area contributed by atoms with Crippen LogP contribution in [0.4, 0.5) is 11.7 Å². The van der Waals surface area contributed by atoms with Crippen LogP contribution in [-0.4, -0.2) is 10.2 Å². The van der Waals surface area contributed by atoms with E-state index < -0.39 is 0 Å². The van der Waals surface area contributed by atoms with Gasteiger partial charge in [-0.2, -0.15) is 0 Å². The highest BCUT2D eigenvalue weighted by atomic mass is 127. The van der Waals surface area contributed by atoms with Crippen molar-refractivity contribution in [2.75, 3.05) is 5.32 Å². The molecule has 1 atom stereocenters. The molecule has 0 aliphatic rings. The van der Waals surface area contributed by atoms with Crippen LogP contribution in [0.25, 0.3) is 0 Å². The van der Waals surface area contributed by atoms with E-state index in [4.69, 9.17) is 10.2 Å². The Bertz CT molecular complexity index is 466. The van der Waals surface area contributed by atoms with Crippen LogP contribution in [0.2, 0.25) is 0 Å². The molecule has 0 spiro atoms. The van der Waals surface area contributed by atoms with Crippen molar-refractivity contribution in [3.05, 3.63) is 33.7 Å². The van der Waals surface area contributed by atoms with E-state index in [9.17, 15) is 0 Å². The van der Waals surface area contributed by atoms with Crippen LogP contribution in [-0.2, 0) is 0 Å². The van der Waals surface area contributed by atoms with Crippen molar-refractivity contribution in [2.45, 2.75) is 13.0 Å². The zero-order valence-electron chi connectivity index (χ0n) is 8.64. The van der Waals surface area contributed by atoms with Gasteiger partial charge < -0.3 is 15.5 Å². The first-order valence-electron chi connectivity index (χ1n) is 4.77. The molecule has 0 amide bonds. The molecule has 16 heavy (non-hydrogen) atoms. The number of nitrogens with zero attached hydrogens (tertiary/aromatic N) is 2. The average Bonchev–Trinajstić information content (AvgIpc) is 2.70. The Labute approximate surface area is 107 Å². The standard InChI is InChI=1S/C10H11IN4O/c1-6(12)9-14-15-10(16-9)13-8-4-2-7(11)3-5-8/h2-6H,12H2,1H3,(H,13,15). The van der Waals surface area contributed by atoms with Gasteiger partial charge in [0, 0.05) is 9.26 Å². The lowest BCUT2D eigenvalue weighted by Gasteiger charge is -2.00. The Balaban J connectivity index is 2.11. The van der Waals surface area contributed by atoms with Crippen LogP contribution >= 0.6 is 22.6 Å². The summed E-state index contributed by atoms with van der Waals surface area (Å²) in [5.41, 5.74) is 6.52. The molecular weight excluding hydrogens is 319 g/mol. The van der Waals surface area contributed by atoms with Gasteiger partial charge in [0.2, 0.25) is 5.89 Å². The molecule has 1 aromatic heterocycles. The van der Waals surface area contributed by atoms with Crippen LogP contribution < -0.4 is 11.1 Å². The maximum Gasteiger partial charge on any atom is 0.320 e. The molecular formula is C10H11IN4O. The van der Waals surface area contributed by atoms with E-state index in [0.717, 1.165) is 5.69 Å². The summed E-state index contributed by atoms with van der Waals surface area (Å²) in [4.78, 5) is 0. The smallest absolute Gasteiger partial charge is 0.320 e. The lowest BCUT2D eigenvalue weighted by molar-refractivity contribution is 0.475. The Kier molecular flexibility index (Phi) is 3.39. The number of hydrogen-bond acceptors (Lipinski definition) is 5. The molecule has 0 saturated carbocycles. The number of halogens is 1. The third-order valence-electron chi connectivity index (χ3n) is 1.93. The van der Waals surface area contributed by atoms with E-state index in [1.165, 1.54) is 3.57 Å². The average molecular weight is 330 g/mol. The predicted octanol–water partition coefficient (Wildman–Crippen LogP) is 2.44. The van der Waals surface area contributed by atoms with Crippen LogP contribution in [0.3, 0.4) is 0 Å². The summed E-state index contributed by atoms with van der Waals surface area (Å²) in [5, 5.41) is 10.7. The van der Waals surface area contributed by atoms with E-state index in [1.54, 1.807) is 6.92 Å². The number of anilines is 2. The van der Waals surface area contributed by atoms with Gasteiger partial charge in [-0.15, -0.1) is 5.10 Å². The summed E-state index contributed by atoms with van der Waals surface area (Å²) in [7, 11) is 0. The highest BCUT2D eigenvalue weighted by Crippen LogP contribution is 2.18. The van der Waals surface area contributed by atoms with Crippen molar-refractivity contribution >= 4 is 34.3 Å². The largest absolute Gasteiger partial charge is 0.406 e. The Morgan fingerprint density at radius 2 is 2.00 bits per heavy atom. The van der Waals surface area contributed by atoms with Gasteiger partial charge in [-0.05, 0) is 53.8 Å². The van der Waals surface area contributed by atoms with Crippen molar-refractivity contribution < 1.29 is 4.42 Å². The Morgan fingerprint density at radius 1 is 1.31 bits per heavy atom. The quantitative estimate of drug-likeness (QED) is 0.846. The minimum atomic E-state index is -0.250. The van der Waals surface area contributed by atoms with Gasteiger partial charge in [-0.1, -0.05) is 5.10 Å². The molecule has 0 aliphatic heterocycles. The van der Waals surface area contributed by atoms with Gasteiger partial charge in [0.25, 0.3) is 0 Å². The molecule has 3 N–H and O–H groups in total. The topological polar surface area (TPSA) is 77.0 Å². The molecule has 0 saturated heterocycles. The highest BCUT2D eigenvalue weighted by Gasteiger charge is 2.09. The lowest BCUT2D eigenvalue weighted by Crippen LogP contribution is -2.04. The zero-order chi connectivity index (χ0) is 11.5. The monoisotopic (exact) mass is 330 g/mol. The summed E-state index contributed by atoms with van der Waals surface area (Å²) < 4.78 is 6.49. The van der Waals surface area contributed by atoms with Crippen molar-refractivity contribution in [1.82, 2.24) is 10.2 Å². The Hall–Kier alpha value is -1.15. The van der Waals surface area contributed by atoms with Crippen LogP contribution in [0.1, 0.15) is 18.9 Å². The second-order valence-corrected chi connectivity index (χ2v) is 4.61. The molecule has 5 nitrogen and oxygen atoms in total. The molecule has 1 heterocycles. The molecule has 0 bridgehead atoms. The first kappa shape index (κ1) is 11.3. The molecule has 84 valence electrons. The fourth-order valence-electron chi connectivity index (χ4n) is 1.13. The summed E-state index contributed by atoms with van der Waals surface area (Å²) in [5.74, 6) is 0.424.